The first-order valence-electron chi connectivity index (χ1n) is 8.36. The molecule has 0 saturated carbocycles. The molecule has 0 atom stereocenters. The van der Waals surface area contributed by atoms with Crippen molar-refractivity contribution in [3.05, 3.63) is 46.7 Å². The first kappa shape index (κ1) is 15.7. The lowest BCUT2D eigenvalue weighted by atomic mass is 9.87. The maximum atomic E-state index is 12.3. The number of hydrogen-bond donors (Lipinski definition) is 0. The zero-order valence-electron chi connectivity index (χ0n) is 13.9. The summed E-state index contributed by atoms with van der Waals surface area (Å²) in [4.78, 5) is 24.5. The molecule has 3 heteroatoms. The summed E-state index contributed by atoms with van der Waals surface area (Å²) in [5, 5.41) is 0. The van der Waals surface area contributed by atoms with E-state index in [0.29, 0.717) is 29.2 Å². The molecule has 1 aliphatic carbocycles. The Kier molecular flexibility index (Phi) is 4.20. The molecule has 0 fully saturated rings. The van der Waals surface area contributed by atoms with Gasteiger partial charge in [0, 0.05) is 17.5 Å². The van der Waals surface area contributed by atoms with Crippen LogP contribution in [0, 0.1) is 5.92 Å². The van der Waals surface area contributed by atoms with Crippen molar-refractivity contribution < 1.29 is 14.0 Å². The van der Waals surface area contributed by atoms with Gasteiger partial charge in [0.15, 0.2) is 0 Å². The van der Waals surface area contributed by atoms with Gasteiger partial charge in [-0.15, -0.1) is 0 Å². The van der Waals surface area contributed by atoms with Gasteiger partial charge in [-0.3, -0.25) is 9.59 Å². The number of fused-ring (bicyclic) bond motifs is 3. The number of rotatable bonds is 5. The number of furan rings is 1. The molecule has 0 amide bonds. The molecule has 1 aromatic heterocycles. The monoisotopic (exact) mass is 310 g/mol. The van der Waals surface area contributed by atoms with Crippen molar-refractivity contribution in [1.29, 1.82) is 0 Å². The third kappa shape index (κ3) is 2.88. The minimum atomic E-state index is -0.455. The number of benzene rings is 1. The molecule has 0 saturated heterocycles. The van der Waals surface area contributed by atoms with Crippen LogP contribution in [-0.2, 0) is 12.8 Å². The van der Waals surface area contributed by atoms with E-state index < -0.39 is 11.6 Å². The molecule has 3 nitrogen and oxygen atoms in total. The quantitative estimate of drug-likeness (QED) is 0.740. The van der Waals surface area contributed by atoms with Crippen molar-refractivity contribution in [3.63, 3.8) is 0 Å². The molecule has 1 aromatic carbocycles. The van der Waals surface area contributed by atoms with Gasteiger partial charge in [0.2, 0.25) is 11.6 Å². The first-order valence-corrected chi connectivity index (χ1v) is 8.36. The normalized spacial score (nSPS) is 13.4. The third-order valence-electron chi connectivity index (χ3n) is 4.40. The van der Waals surface area contributed by atoms with Gasteiger partial charge in [-0.05, 0) is 42.5 Å². The Morgan fingerprint density at radius 1 is 1.00 bits per heavy atom. The highest BCUT2D eigenvalue weighted by molar-refractivity contribution is 6.52. The fourth-order valence-corrected chi connectivity index (χ4v) is 3.08. The van der Waals surface area contributed by atoms with E-state index >= 15 is 0 Å². The van der Waals surface area contributed by atoms with Crippen LogP contribution in [0.2, 0.25) is 0 Å². The fourth-order valence-electron chi connectivity index (χ4n) is 3.08. The van der Waals surface area contributed by atoms with Crippen molar-refractivity contribution in [1.82, 2.24) is 0 Å². The van der Waals surface area contributed by atoms with Crippen LogP contribution in [0.3, 0.4) is 0 Å². The van der Waals surface area contributed by atoms with Crippen LogP contribution in [0.4, 0.5) is 0 Å². The second-order valence-electron chi connectivity index (χ2n) is 6.63. The molecule has 0 bridgehead atoms. The highest BCUT2D eigenvalue weighted by Gasteiger charge is 2.33. The number of aryl methyl sites for hydroxylation is 2. The van der Waals surface area contributed by atoms with Crippen molar-refractivity contribution in [2.45, 2.75) is 46.5 Å². The molecule has 0 N–H and O–H groups in total. The molecule has 23 heavy (non-hydrogen) atoms. The van der Waals surface area contributed by atoms with Gasteiger partial charge in [-0.1, -0.05) is 33.3 Å². The van der Waals surface area contributed by atoms with Crippen molar-refractivity contribution in [2.24, 2.45) is 5.92 Å². The molecule has 120 valence electrons. The van der Waals surface area contributed by atoms with E-state index in [-0.39, 0.29) is 0 Å². The standard InChI is InChI=1S/C20H22O3/c1-4-14-11-17-19(22)18(21)15-9-8-13(7-5-6-12(2)3)10-16(15)20(17)23-14/h8-12H,4-7H2,1-3H3. The van der Waals surface area contributed by atoms with Crippen LogP contribution < -0.4 is 0 Å². The molecular formula is C20H22O3. The van der Waals surface area contributed by atoms with Crippen molar-refractivity contribution >= 4 is 11.6 Å². The topological polar surface area (TPSA) is 47.3 Å². The average Bonchev–Trinajstić information content (AvgIpc) is 2.97. The van der Waals surface area contributed by atoms with Crippen LogP contribution in [0.15, 0.2) is 28.7 Å². The summed E-state index contributed by atoms with van der Waals surface area (Å²) in [6.07, 6.45) is 3.98. The van der Waals surface area contributed by atoms with Gasteiger partial charge in [-0.2, -0.15) is 0 Å². The summed E-state index contributed by atoms with van der Waals surface area (Å²) < 4.78 is 5.83. The molecule has 1 aliphatic rings. The summed E-state index contributed by atoms with van der Waals surface area (Å²) in [5.41, 5.74) is 2.84. The van der Waals surface area contributed by atoms with Crippen LogP contribution in [0.25, 0.3) is 11.3 Å². The van der Waals surface area contributed by atoms with E-state index in [4.69, 9.17) is 4.42 Å². The smallest absolute Gasteiger partial charge is 0.237 e. The zero-order chi connectivity index (χ0) is 16.6. The molecule has 0 spiro atoms. The van der Waals surface area contributed by atoms with E-state index in [2.05, 4.69) is 13.8 Å². The third-order valence-corrected chi connectivity index (χ3v) is 4.40. The summed E-state index contributed by atoms with van der Waals surface area (Å²) in [7, 11) is 0. The van der Waals surface area contributed by atoms with Gasteiger partial charge in [0.25, 0.3) is 0 Å². The van der Waals surface area contributed by atoms with Gasteiger partial charge >= 0.3 is 0 Å². The molecule has 0 aliphatic heterocycles. The Balaban J connectivity index is 1.98. The molecule has 0 radical (unpaired) electrons. The van der Waals surface area contributed by atoms with Crippen LogP contribution in [-0.4, -0.2) is 11.6 Å². The van der Waals surface area contributed by atoms with Crippen LogP contribution in [0.5, 0.6) is 0 Å². The van der Waals surface area contributed by atoms with E-state index in [1.54, 1.807) is 12.1 Å². The SMILES string of the molecule is CCc1cc2c(o1)-c1cc(CCCC(C)C)ccc1C(=O)C2=O. The summed E-state index contributed by atoms with van der Waals surface area (Å²) in [6.45, 7) is 6.41. The predicted molar refractivity (Wildman–Crippen MR) is 90.0 cm³/mol. The Labute approximate surface area is 136 Å². The van der Waals surface area contributed by atoms with Gasteiger partial charge in [0.05, 0.1) is 5.56 Å². The Morgan fingerprint density at radius 3 is 2.43 bits per heavy atom. The Bertz CT molecular complexity index is 765. The molecule has 0 unspecified atom stereocenters. The number of carbonyl (C=O) groups is 2. The summed E-state index contributed by atoms with van der Waals surface area (Å²) in [5.74, 6) is 1.12. The van der Waals surface area contributed by atoms with E-state index in [1.807, 2.05) is 19.1 Å². The number of carbonyl (C=O) groups excluding carboxylic acids is 2. The number of Topliss-reactive ketones (excluding diaryl/α,β-unsaturated/α-hetero) is 2. The summed E-state index contributed by atoms with van der Waals surface area (Å²) >= 11 is 0. The van der Waals surface area contributed by atoms with E-state index in [1.165, 1.54) is 12.0 Å². The van der Waals surface area contributed by atoms with Crippen molar-refractivity contribution in [2.75, 3.05) is 0 Å². The Hall–Kier alpha value is -2.16. The number of ketones is 2. The molecule has 2 aromatic rings. The maximum absolute atomic E-state index is 12.3. The second-order valence-corrected chi connectivity index (χ2v) is 6.63. The first-order chi connectivity index (χ1) is 11.0. The van der Waals surface area contributed by atoms with Crippen LogP contribution in [0.1, 0.15) is 65.7 Å². The lowest BCUT2D eigenvalue weighted by Gasteiger charge is -2.14. The number of hydrogen-bond acceptors (Lipinski definition) is 3. The van der Waals surface area contributed by atoms with Gasteiger partial charge in [-0.25, -0.2) is 0 Å². The largest absolute Gasteiger partial charge is 0.460 e. The summed E-state index contributed by atoms with van der Waals surface area (Å²) in [6, 6.07) is 7.46. The van der Waals surface area contributed by atoms with Crippen LogP contribution >= 0.6 is 0 Å². The fraction of sp³-hybridized carbons (Fsp3) is 0.400. The van der Waals surface area contributed by atoms with E-state index in [0.717, 1.165) is 24.2 Å². The lowest BCUT2D eigenvalue weighted by Crippen LogP contribution is -2.20. The second kappa shape index (κ2) is 6.15. The van der Waals surface area contributed by atoms with E-state index in [9.17, 15) is 9.59 Å². The lowest BCUT2D eigenvalue weighted by molar-refractivity contribution is 0.0814. The Morgan fingerprint density at radius 2 is 1.74 bits per heavy atom. The molecule has 1 heterocycles. The minimum absolute atomic E-state index is 0.415. The molecular weight excluding hydrogens is 288 g/mol. The average molecular weight is 310 g/mol. The maximum Gasteiger partial charge on any atom is 0.237 e. The van der Waals surface area contributed by atoms with Gasteiger partial charge in [0.1, 0.15) is 11.5 Å². The minimum Gasteiger partial charge on any atom is -0.460 e. The predicted octanol–water partition coefficient (Wildman–Crippen LogP) is 4.87. The van der Waals surface area contributed by atoms with Gasteiger partial charge < -0.3 is 4.42 Å². The molecule has 3 rings (SSSR count). The highest BCUT2D eigenvalue weighted by atomic mass is 16.3. The van der Waals surface area contributed by atoms with Crippen molar-refractivity contribution in [3.8, 4) is 11.3 Å². The zero-order valence-corrected chi connectivity index (χ0v) is 13.9. The highest BCUT2D eigenvalue weighted by Crippen LogP contribution is 2.36.